The molecule has 5 atom stereocenters. The maximum atomic E-state index is 10.3. The van der Waals surface area contributed by atoms with Gasteiger partial charge in [0.1, 0.15) is 11.8 Å². The summed E-state index contributed by atoms with van der Waals surface area (Å²) in [5.74, 6) is 1.19. The van der Waals surface area contributed by atoms with E-state index in [2.05, 4.69) is 53.8 Å². The number of rotatable bonds is 12. The summed E-state index contributed by atoms with van der Waals surface area (Å²) in [6.45, 7) is 7.41. The first-order chi connectivity index (χ1) is 27.1. The van der Waals surface area contributed by atoms with Crippen molar-refractivity contribution in [2.24, 2.45) is 11.8 Å². The Balaban J connectivity index is 0.998. The van der Waals surface area contributed by atoms with Crippen molar-refractivity contribution < 1.29 is 9.47 Å². The van der Waals surface area contributed by atoms with E-state index in [1.54, 1.807) is 6.20 Å². The van der Waals surface area contributed by atoms with Gasteiger partial charge in [0.05, 0.1) is 90.7 Å². The third kappa shape index (κ3) is 6.43. The summed E-state index contributed by atoms with van der Waals surface area (Å²) in [6.07, 6.45) is 5.60. The third-order valence-corrected chi connectivity index (χ3v) is 13.6. The molecule has 3 aromatic heterocycles. The molecular formula is C41H41ClN10O2S. The van der Waals surface area contributed by atoms with Crippen molar-refractivity contribution in [2.75, 3.05) is 56.7 Å². The lowest BCUT2D eigenvalue weighted by Crippen LogP contribution is -2.50. The van der Waals surface area contributed by atoms with E-state index < -0.39 is 0 Å². The van der Waals surface area contributed by atoms with E-state index in [1.807, 2.05) is 53.8 Å². The van der Waals surface area contributed by atoms with Gasteiger partial charge in [-0.3, -0.25) is 14.8 Å². The van der Waals surface area contributed by atoms with Crippen LogP contribution >= 0.6 is 22.9 Å². The molecule has 55 heavy (non-hydrogen) atoms. The van der Waals surface area contributed by atoms with Crippen molar-refractivity contribution in [1.29, 1.82) is 10.5 Å². The minimum absolute atomic E-state index is 0.198. The van der Waals surface area contributed by atoms with Crippen LogP contribution in [0.25, 0.3) is 10.9 Å². The number of likely N-dealkylation sites (tertiary alicyclic amines) is 1. The van der Waals surface area contributed by atoms with Crippen molar-refractivity contribution in [3.05, 3.63) is 98.1 Å². The SMILES string of the molecule is N#CCCC(Nc1c(C#N)cnc2c(Cl)cc(N[C@H](c3cn(C4[C@H]5CN(C6COC6)C[C@@H]45)nn3)c3csc4c3CCN(C3COC3)C4)cc12)c1ccccc1. The summed E-state index contributed by atoms with van der Waals surface area (Å²) in [4.78, 5) is 11.2. The second-order valence-corrected chi connectivity index (χ2v) is 16.9. The number of piperidine rings is 1. The van der Waals surface area contributed by atoms with Crippen molar-refractivity contribution in [3.8, 4) is 12.1 Å². The molecule has 280 valence electrons. The Morgan fingerprint density at radius 2 is 1.78 bits per heavy atom. The van der Waals surface area contributed by atoms with Gasteiger partial charge in [-0.25, -0.2) is 4.68 Å². The van der Waals surface area contributed by atoms with Gasteiger partial charge in [0.25, 0.3) is 0 Å². The Bertz CT molecular complexity index is 2300. The molecule has 5 aliphatic rings. The molecule has 2 N–H and O–H groups in total. The molecule has 0 radical (unpaired) electrons. The number of anilines is 2. The number of nitrogens with zero attached hydrogens (tertiary/aromatic N) is 8. The van der Waals surface area contributed by atoms with Crippen molar-refractivity contribution in [1.82, 2.24) is 29.8 Å². The lowest BCUT2D eigenvalue weighted by Gasteiger charge is -2.39. The van der Waals surface area contributed by atoms with Crippen LogP contribution in [0, 0.1) is 34.5 Å². The molecule has 0 amide bonds. The Labute approximate surface area is 328 Å². The maximum Gasteiger partial charge on any atom is 0.110 e. The van der Waals surface area contributed by atoms with E-state index in [0.29, 0.717) is 64.6 Å². The lowest BCUT2D eigenvalue weighted by molar-refractivity contribution is -0.0691. The first-order valence-electron chi connectivity index (χ1n) is 19.2. The Morgan fingerprint density at radius 3 is 2.51 bits per heavy atom. The normalized spacial score (nSPS) is 23.5. The number of nitrogens with one attached hydrogen (secondary N) is 2. The van der Waals surface area contributed by atoms with Gasteiger partial charge in [-0.2, -0.15) is 10.5 Å². The number of hydrogen-bond donors (Lipinski definition) is 2. The Morgan fingerprint density at radius 1 is 1.00 bits per heavy atom. The zero-order valence-corrected chi connectivity index (χ0v) is 31.8. The summed E-state index contributed by atoms with van der Waals surface area (Å²) in [5, 5.41) is 40.3. The van der Waals surface area contributed by atoms with Crippen LogP contribution in [-0.4, -0.2) is 87.9 Å². The molecule has 1 aliphatic carbocycles. The number of thiophene rings is 1. The van der Waals surface area contributed by atoms with E-state index in [0.717, 1.165) is 81.4 Å². The number of ether oxygens (including phenoxy) is 2. The second-order valence-electron chi connectivity index (χ2n) is 15.5. The van der Waals surface area contributed by atoms with Crippen LogP contribution in [0.15, 0.2) is 60.2 Å². The predicted molar refractivity (Wildman–Crippen MR) is 210 cm³/mol. The van der Waals surface area contributed by atoms with E-state index in [9.17, 15) is 10.5 Å². The topological polar surface area (TPSA) is 140 Å². The lowest BCUT2D eigenvalue weighted by atomic mass is 9.95. The van der Waals surface area contributed by atoms with Crippen LogP contribution < -0.4 is 10.6 Å². The average Bonchev–Trinajstić information content (AvgIpc) is 3.58. The summed E-state index contributed by atoms with van der Waals surface area (Å²) in [6, 6.07) is 19.5. The maximum absolute atomic E-state index is 10.3. The second kappa shape index (κ2) is 14.5. The highest BCUT2D eigenvalue weighted by molar-refractivity contribution is 7.10. The zero-order chi connectivity index (χ0) is 37.0. The average molecular weight is 773 g/mol. The van der Waals surface area contributed by atoms with Crippen molar-refractivity contribution in [3.63, 3.8) is 0 Å². The van der Waals surface area contributed by atoms with Crippen LogP contribution in [0.3, 0.4) is 0 Å². The molecule has 5 aromatic rings. The first kappa shape index (κ1) is 34.9. The number of fused-ring (bicyclic) bond motifs is 3. The highest BCUT2D eigenvalue weighted by Gasteiger charge is 2.59. The number of halogens is 1. The molecule has 3 saturated heterocycles. The largest absolute Gasteiger partial charge is 0.378 e. The molecule has 1 saturated carbocycles. The Kier molecular flexibility index (Phi) is 9.18. The minimum Gasteiger partial charge on any atom is -0.378 e. The molecule has 4 aliphatic heterocycles. The van der Waals surface area contributed by atoms with Gasteiger partial charge in [0, 0.05) is 66.6 Å². The number of hydrogen-bond acceptors (Lipinski definition) is 12. The Hall–Kier alpha value is -4.60. The van der Waals surface area contributed by atoms with Crippen LogP contribution in [0.4, 0.5) is 11.4 Å². The molecule has 14 heteroatoms. The van der Waals surface area contributed by atoms with Crippen LogP contribution in [-0.2, 0) is 22.4 Å². The van der Waals surface area contributed by atoms with Gasteiger partial charge >= 0.3 is 0 Å². The van der Waals surface area contributed by atoms with Gasteiger partial charge in [0.15, 0.2) is 0 Å². The van der Waals surface area contributed by atoms with Gasteiger partial charge in [0.2, 0.25) is 0 Å². The van der Waals surface area contributed by atoms with Crippen LogP contribution in [0.2, 0.25) is 5.02 Å². The predicted octanol–water partition coefficient (Wildman–Crippen LogP) is 6.33. The number of benzene rings is 2. The van der Waals surface area contributed by atoms with Crippen LogP contribution in [0.1, 0.15) is 63.8 Å². The van der Waals surface area contributed by atoms with E-state index in [-0.39, 0.29) is 12.1 Å². The van der Waals surface area contributed by atoms with Gasteiger partial charge in [-0.15, -0.1) is 16.4 Å². The molecule has 4 fully saturated rings. The zero-order valence-electron chi connectivity index (χ0n) is 30.3. The standard InChI is InChI=1S/C41H41ClN10O2S/c42-34-12-26(11-30-38(25(13-44)14-45-39(30)34)47-35(7-4-9-43)24-5-2-1-3-6-24)46-40(33-23-55-37-18-50(10-8-29(33)37)27-19-53-20-27)36-17-52(49-48-36)41-31-15-51(16-32(31)41)28-21-54-22-28/h1-3,5-6,11-12,14,17,23,27-28,31-32,35,40-41,46H,4,7-8,10,15-16,18-22H2,(H,45,47)/t31-,32+,35?,40-,41?/m0/s1. The number of nitriles is 2. The summed E-state index contributed by atoms with van der Waals surface area (Å²) in [5.41, 5.74) is 6.92. The first-order valence-corrected chi connectivity index (χ1v) is 20.4. The fourth-order valence-corrected chi connectivity index (χ4v) is 10.5. The molecule has 10 rings (SSSR count). The molecule has 2 unspecified atom stereocenters. The minimum atomic E-state index is -0.278. The number of pyridine rings is 1. The van der Waals surface area contributed by atoms with Gasteiger partial charge in [-0.1, -0.05) is 47.1 Å². The van der Waals surface area contributed by atoms with Gasteiger partial charge < -0.3 is 20.1 Å². The van der Waals surface area contributed by atoms with Crippen LogP contribution in [0.5, 0.6) is 0 Å². The quantitative estimate of drug-likeness (QED) is 0.147. The van der Waals surface area contributed by atoms with Crippen molar-refractivity contribution in [2.45, 2.75) is 56.0 Å². The molecule has 12 nitrogen and oxygen atoms in total. The molecule has 0 spiro atoms. The van der Waals surface area contributed by atoms with Gasteiger partial charge in [-0.05, 0) is 47.0 Å². The fraction of sp³-hybridized carbons (Fsp3) is 0.439. The summed E-state index contributed by atoms with van der Waals surface area (Å²) < 4.78 is 13.1. The molecule has 2 aromatic carbocycles. The number of aromatic nitrogens is 4. The summed E-state index contributed by atoms with van der Waals surface area (Å²) in [7, 11) is 0. The summed E-state index contributed by atoms with van der Waals surface area (Å²) >= 11 is 8.86. The highest BCUT2D eigenvalue weighted by atomic mass is 35.5. The molecular weight excluding hydrogens is 732 g/mol. The van der Waals surface area contributed by atoms with E-state index in [4.69, 9.17) is 31.4 Å². The highest BCUT2D eigenvalue weighted by Crippen LogP contribution is 2.55. The molecule has 0 bridgehead atoms. The van der Waals surface area contributed by atoms with E-state index in [1.165, 1.54) is 16.0 Å². The fourth-order valence-electron chi connectivity index (χ4n) is 9.03. The third-order valence-electron chi connectivity index (χ3n) is 12.3. The molecule has 7 heterocycles. The smallest absolute Gasteiger partial charge is 0.110 e. The van der Waals surface area contributed by atoms with Crippen molar-refractivity contribution >= 4 is 45.2 Å². The van der Waals surface area contributed by atoms with E-state index >= 15 is 0 Å². The monoisotopic (exact) mass is 772 g/mol.